The van der Waals surface area contributed by atoms with Crippen LogP contribution in [-0.2, 0) is 27.7 Å². The molecule has 0 bridgehead atoms. The molecule has 0 aromatic carbocycles. The predicted molar refractivity (Wildman–Crippen MR) is 96.2 cm³/mol. The van der Waals surface area contributed by atoms with Crippen molar-refractivity contribution in [2.75, 3.05) is 39.2 Å². The molecule has 1 aromatic rings. The highest BCUT2D eigenvalue weighted by Crippen LogP contribution is 2.23. The lowest BCUT2D eigenvalue weighted by molar-refractivity contribution is 0.147. The molecule has 144 valence electrons. The van der Waals surface area contributed by atoms with E-state index in [0.717, 1.165) is 38.0 Å². The fourth-order valence-corrected chi connectivity index (χ4v) is 4.47. The van der Waals surface area contributed by atoms with Crippen LogP contribution in [-0.4, -0.2) is 67.1 Å². The van der Waals surface area contributed by atoms with Gasteiger partial charge in [-0.15, -0.1) is 0 Å². The molecule has 25 heavy (non-hydrogen) atoms. The Morgan fingerprint density at radius 3 is 2.92 bits per heavy atom. The molecule has 2 heterocycles. The number of likely N-dealkylation sites (tertiary alicyclic amines) is 1. The maximum Gasteiger partial charge on any atom is 0.227 e. The summed E-state index contributed by atoms with van der Waals surface area (Å²) in [5, 5.41) is 9.17. The van der Waals surface area contributed by atoms with Crippen molar-refractivity contribution in [2.45, 2.75) is 50.9 Å². The van der Waals surface area contributed by atoms with Crippen molar-refractivity contribution in [3.8, 4) is 0 Å². The molecule has 0 radical (unpaired) electrons. The van der Waals surface area contributed by atoms with Crippen molar-refractivity contribution >= 4 is 9.84 Å². The Morgan fingerprint density at radius 1 is 1.44 bits per heavy atom. The van der Waals surface area contributed by atoms with Gasteiger partial charge >= 0.3 is 0 Å². The van der Waals surface area contributed by atoms with Crippen molar-refractivity contribution in [1.29, 1.82) is 0 Å². The zero-order valence-corrected chi connectivity index (χ0v) is 16.2. The van der Waals surface area contributed by atoms with Gasteiger partial charge in [-0.3, -0.25) is 4.90 Å². The molecule has 0 aliphatic carbocycles. The van der Waals surface area contributed by atoms with Crippen molar-refractivity contribution in [2.24, 2.45) is 5.92 Å². The van der Waals surface area contributed by atoms with Gasteiger partial charge in [-0.1, -0.05) is 6.92 Å². The minimum absolute atomic E-state index is 0.0450. The van der Waals surface area contributed by atoms with Gasteiger partial charge in [0.1, 0.15) is 0 Å². The molecule has 0 amide bonds. The highest BCUT2D eigenvalue weighted by Gasteiger charge is 2.24. The van der Waals surface area contributed by atoms with Crippen LogP contribution in [0.1, 0.15) is 38.3 Å². The average Bonchev–Trinajstić information content (AvgIpc) is 3.01. The van der Waals surface area contributed by atoms with E-state index >= 15 is 0 Å². The van der Waals surface area contributed by atoms with Crippen LogP contribution in [0.2, 0.25) is 0 Å². The summed E-state index contributed by atoms with van der Waals surface area (Å²) in [6.45, 7) is 5.54. The van der Waals surface area contributed by atoms with Gasteiger partial charge in [0.2, 0.25) is 15.0 Å². The molecule has 1 atom stereocenters. The van der Waals surface area contributed by atoms with Crippen molar-refractivity contribution in [1.82, 2.24) is 14.5 Å². The third-order valence-electron chi connectivity index (χ3n) is 4.84. The minimum atomic E-state index is -3.35. The molecule has 0 saturated carbocycles. The number of piperidine rings is 1. The summed E-state index contributed by atoms with van der Waals surface area (Å²) in [5.41, 5.74) is 0.923. The Morgan fingerprint density at radius 2 is 2.24 bits per heavy atom. The second-order valence-corrected chi connectivity index (χ2v) is 8.86. The number of aliphatic hydroxyl groups excluding tert-OH is 1. The number of rotatable bonds is 10. The quantitative estimate of drug-likeness (QED) is 0.666. The van der Waals surface area contributed by atoms with Crippen LogP contribution >= 0.6 is 0 Å². The number of nitrogens with zero attached hydrogens (tertiary/aromatic N) is 3. The van der Waals surface area contributed by atoms with Crippen LogP contribution in [0.25, 0.3) is 0 Å². The summed E-state index contributed by atoms with van der Waals surface area (Å²) < 4.78 is 31.5. The largest absolute Gasteiger partial charge is 0.396 e. The van der Waals surface area contributed by atoms with E-state index in [9.17, 15) is 8.42 Å². The standard InChI is InChI=1S/C17H31N3O4S/c1-3-25(22,23)17-18-12-16(20(17)9-11-24-2)14-19-8-4-6-15(13-19)7-5-10-21/h12,15,21H,3-11,13-14H2,1-2H3/t15-/m1/s1. The van der Waals surface area contributed by atoms with E-state index < -0.39 is 9.84 Å². The van der Waals surface area contributed by atoms with Gasteiger partial charge in [-0.05, 0) is 38.1 Å². The van der Waals surface area contributed by atoms with E-state index in [-0.39, 0.29) is 17.5 Å². The first kappa shape index (κ1) is 20.4. The average molecular weight is 374 g/mol. The molecule has 1 aliphatic rings. The first-order valence-electron chi connectivity index (χ1n) is 9.11. The zero-order chi connectivity index (χ0) is 18.3. The van der Waals surface area contributed by atoms with Gasteiger partial charge in [0.15, 0.2) is 0 Å². The molecular formula is C17H31N3O4S. The summed E-state index contributed by atoms with van der Waals surface area (Å²) in [4.78, 5) is 6.57. The summed E-state index contributed by atoms with van der Waals surface area (Å²) in [6, 6.07) is 0. The summed E-state index contributed by atoms with van der Waals surface area (Å²) >= 11 is 0. The maximum absolute atomic E-state index is 12.3. The molecule has 2 rings (SSSR count). The van der Waals surface area contributed by atoms with Crippen LogP contribution < -0.4 is 0 Å². The molecule has 7 nitrogen and oxygen atoms in total. The van der Waals surface area contributed by atoms with E-state index in [1.54, 1.807) is 24.8 Å². The minimum Gasteiger partial charge on any atom is -0.396 e. The normalized spacial score (nSPS) is 19.4. The van der Waals surface area contributed by atoms with Gasteiger partial charge < -0.3 is 14.4 Å². The molecule has 1 fully saturated rings. The van der Waals surface area contributed by atoms with E-state index in [0.29, 0.717) is 25.6 Å². The topological polar surface area (TPSA) is 84.7 Å². The molecule has 0 unspecified atom stereocenters. The zero-order valence-electron chi connectivity index (χ0n) is 15.4. The van der Waals surface area contributed by atoms with Gasteiger partial charge in [-0.25, -0.2) is 13.4 Å². The fourth-order valence-electron chi connectivity index (χ4n) is 3.46. The Labute approximate surface area is 150 Å². The lowest BCUT2D eigenvalue weighted by Crippen LogP contribution is -2.35. The summed E-state index contributed by atoms with van der Waals surface area (Å²) in [7, 11) is -1.74. The van der Waals surface area contributed by atoms with Gasteiger partial charge in [-0.2, -0.15) is 0 Å². The highest BCUT2D eigenvalue weighted by molar-refractivity contribution is 7.91. The lowest BCUT2D eigenvalue weighted by atomic mass is 9.93. The van der Waals surface area contributed by atoms with Crippen LogP contribution in [0.4, 0.5) is 0 Å². The Kier molecular flexibility index (Phi) is 7.86. The number of hydrogen-bond acceptors (Lipinski definition) is 6. The third kappa shape index (κ3) is 5.51. The number of methoxy groups -OCH3 is 1. The van der Waals surface area contributed by atoms with Crippen LogP contribution in [0.15, 0.2) is 11.4 Å². The number of aromatic nitrogens is 2. The Hall–Kier alpha value is -0.960. The number of imidazole rings is 1. The fraction of sp³-hybridized carbons (Fsp3) is 0.824. The molecule has 0 spiro atoms. The molecule has 1 aromatic heterocycles. The molecule has 1 aliphatic heterocycles. The van der Waals surface area contributed by atoms with Gasteiger partial charge in [0, 0.05) is 33.4 Å². The van der Waals surface area contributed by atoms with E-state index in [1.165, 1.54) is 6.42 Å². The first-order chi connectivity index (χ1) is 12.0. The number of sulfone groups is 1. The van der Waals surface area contributed by atoms with Crippen LogP contribution in [0.5, 0.6) is 0 Å². The van der Waals surface area contributed by atoms with Crippen molar-refractivity contribution < 1.29 is 18.3 Å². The van der Waals surface area contributed by atoms with Crippen LogP contribution in [0.3, 0.4) is 0 Å². The molecular weight excluding hydrogens is 342 g/mol. The maximum atomic E-state index is 12.3. The molecule has 8 heteroatoms. The first-order valence-corrected chi connectivity index (χ1v) is 10.8. The van der Waals surface area contributed by atoms with Crippen LogP contribution in [0, 0.1) is 5.92 Å². The van der Waals surface area contributed by atoms with Crippen molar-refractivity contribution in [3.63, 3.8) is 0 Å². The summed E-state index contributed by atoms with van der Waals surface area (Å²) in [6.07, 6.45) is 5.93. The molecule has 1 N–H and O–H groups in total. The van der Waals surface area contributed by atoms with Gasteiger partial charge in [0.05, 0.1) is 24.3 Å². The van der Waals surface area contributed by atoms with E-state index in [1.807, 2.05) is 0 Å². The Balaban J connectivity index is 2.12. The van der Waals surface area contributed by atoms with E-state index in [2.05, 4.69) is 9.88 Å². The van der Waals surface area contributed by atoms with E-state index in [4.69, 9.17) is 9.84 Å². The van der Waals surface area contributed by atoms with Gasteiger partial charge in [0.25, 0.3) is 0 Å². The number of ether oxygens (including phenoxy) is 1. The number of aliphatic hydroxyl groups is 1. The SMILES string of the molecule is CCS(=O)(=O)c1ncc(CN2CCC[C@H](CCCO)C2)n1CCOC. The number of hydrogen-bond donors (Lipinski definition) is 1. The Bertz CT molecular complexity index is 630. The second kappa shape index (κ2) is 9.66. The molecule has 1 saturated heterocycles. The monoisotopic (exact) mass is 373 g/mol. The second-order valence-electron chi connectivity index (χ2n) is 6.69. The lowest BCUT2D eigenvalue weighted by Gasteiger charge is -2.32. The highest BCUT2D eigenvalue weighted by atomic mass is 32.2. The van der Waals surface area contributed by atoms with Crippen molar-refractivity contribution in [3.05, 3.63) is 11.9 Å². The third-order valence-corrected chi connectivity index (χ3v) is 6.48. The smallest absolute Gasteiger partial charge is 0.227 e. The summed E-state index contributed by atoms with van der Waals surface area (Å²) in [5.74, 6) is 0.652. The predicted octanol–water partition coefficient (Wildman–Crippen LogP) is 1.31.